The molecule has 0 aromatic carbocycles. The molecule has 1 heterocycles. The lowest BCUT2D eigenvalue weighted by atomic mass is 10.3. The van der Waals surface area contributed by atoms with Gasteiger partial charge in [0.25, 0.3) is 10.0 Å². The largest absolute Gasteiger partial charge is 0.392 e. The fourth-order valence-electron chi connectivity index (χ4n) is 1.46. The molecular weight excluding hydrogens is 258 g/mol. The van der Waals surface area contributed by atoms with Gasteiger partial charge < -0.3 is 5.11 Å². The predicted octanol–water partition coefficient (Wildman–Crippen LogP) is 1.92. The number of thiophene rings is 1. The Hall–Kier alpha value is -0.430. The summed E-state index contributed by atoms with van der Waals surface area (Å²) in [5.74, 6) is 0. The van der Waals surface area contributed by atoms with Crippen molar-refractivity contribution in [3.05, 3.63) is 17.5 Å². The molecule has 1 atom stereocenters. The second kappa shape index (κ2) is 6.49. The van der Waals surface area contributed by atoms with E-state index in [2.05, 4.69) is 0 Å². The lowest BCUT2D eigenvalue weighted by Crippen LogP contribution is -2.37. The second-order valence-corrected chi connectivity index (χ2v) is 6.97. The van der Waals surface area contributed by atoms with E-state index in [-0.39, 0.29) is 6.54 Å². The van der Waals surface area contributed by atoms with Crippen LogP contribution in [0.15, 0.2) is 21.7 Å². The highest BCUT2D eigenvalue weighted by Gasteiger charge is 2.26. The fourth-order valence-corrected chi connectivity index (χ4v) is 4.17. The van der Waals surface area contributed by atoms with Crippen LogP contribution in [0.1, 0.15) is 26.7 Å². The third-order valence-corrected chi connectivity index (χ3v) is 5.69. The SMILES string of the molecule is CCCN(CC(O)CC)S(=O)(=O)c1cccs1. The Morgan fingerprint density at radius 3 is 2.65 bits per heavy atom. The lowest BCUT2D eigenvalue weighted by molar-refractivity contribution is 0.142. The molecule has 1 aromatic rings. The molecule has 0 radical (unpaired) electrons. The van der Waals surface area contributed by atoms with E-state index < -0.39 is 16.1 Å². The first-order valence-electron chi connectivity index (χ1n) is 5.74. The standard InChI is InChI=1S/C11H19NO3S2/c1-3-7-12(9-10(13)4-2)17(14,15)11-6-5-8-16-11/h5-6,8,10,13H,3-4,7,9H2,1-2H3. The van der Waals surface area contributed by atoms with Crippen molar-refractivity contribution < 1.29 is 13.5 Å². The summed E-state index contributed by atoms with van der Waals surface area (Å²) in [7, 11) is -3.43. The summed E-state index contributed by atoms with van der Waals surface area (Å²) in [6.45, 7) is 4.38. The third-order valence-electron chi connectivity index (χ3n) is 2.45. The molecule has 17 heavy (non-hydrogen) atoms. The minimum Gasteiger partial charge on any atom is -0.392 e. The van der Waals surface area contributed by atoms with Crippen molar-refractivity contribution in [1.82, 2.24) is 4.31 Å². The first-order valence-corrected chi connectivity index (χ1v) is 8.06. The summed E-state index contributed by atoms with van der Waals surface area (Å²) in [6.07, 6.45) is 0.692. The zero-order valence-corrected chi connectivity index (χ0v) is 11.8. The highest BCUT2D eigenvalue weighted by Crippen LogP contribution is 2.21. The van der Waals surface area contributed by atoms with E-state index in [1.54, 1.807) is 17.5 Å². The van der Waals surface area contributed by atoms with Crippen LogP contribution in [0.25, 0.3) is 0 Å². The average Bonchev–Trinajstić information content (AvgIpc) is 2.82. The number of hydrogen-bond donors (Lipinski definition) is 1. The lowest BCUT2D eigenvalue weighted by Gasteiger charge is -2.23. The van der Waals surface area contributed by atoms with Crippen LogP contribution >= 0.6 is 11.3 Å². The van der Waals surface area contributed by atoms with E-state index in [4.69, 9.17) is 0 Å². The van der Waals surface area contributed by atoms with Crippen molar-refractivity contribution >= 4 is 21.4 Å². The molecule has 0 aliphatic heterocycles. The number of sulfonamides is 1. The minimum absolute atomic E-state index is 0.171. The maximum Gasteiger partial charge on any atom is 0.252 e. The van der Waals surface area contributed by atoms with Gasteiger partial charge in [-0.25, -0.2) is 8.42 Å². The summed E-state index contributed by atoms with van der Waals surface area (Å²) in [5.41, 5.74) is 0. The Kier molecular flexibility index (Phi) is 5.58. The normalized spacial score (nSPS) is 14.1. The van der Waals surface area contributed by atoms with Gasteiger partial charge in [0.1, 0.15) is 4.21 Å². The Balaban J connectivity index is 2.90. The number of aliphatic hydroxyl groups excluding tert-OH is 1. The number of hydrogen-bond acceptors (Lipinski definition) is 4. The molecule has 1 N–H and O–H groups in total. The van der Waals surface area contributed by atoms with Crippen LogP contribution in [0.4, 0.5) is 0 Å². The van der Waals surface area contributed by atoms with Gasteiger partial charge in [0.15, 0.2) is 0 Å². The predicted molar refractivity (Wildman–Crippen MR) is 69.7 cm³/mol. The van der Waals surface area contributed by atoms with Crippen LogP contribution in [0.3, 0.4) is 0 Å². The van der Waals surface area contributed by atoms with Gasteiger partial charge in [-0.3, -0.25) is 0 Å². The zero-order chi connectivity index (χ0) is 12.9. The molecule has 1 unspecified atom stereocenters. The average molecular weight is 277 g/mol. The van der Waals surface area contributed by atoms with Crippen molar-refractivity contribution in [2.24, 2.45) is 0 Å². The molecule has 0 amide bonds. The summed E-state index contributed by atoms with van der Waals surface area (Å²) in [4.78, 5) is 0. The van der Waals surface area contributed by atoms with Gasteiger partial charge in [0, 0.05) is 13.1 Å². The van der Waals surface area contributed by atoms with E-state index in [0.717, 1.165) is 6.42 Å². The van der Waals surface area contributed by atoms with E-state index in [9.17, 15) is 13.5 Å². The Morgan fingerprint density at radius 2 is 2.18 bits per heavy atom. The topological polar surface area (TPSA) is 57.6 Å². The molecule has 1 rings (SSSR count). The highest BCUT2D eigenvalue weighted by molar-refractivity contribution is 7.91. The Morgan fingerprint density at radius 1 is 1.47 bits per heavy atom. The minimum atomic E-state index is -3.43. The van der Waals surface area contributed by atoms with Crippen LogP contribution < -0.4 is 0 Å². The molecular formula is C11H19NO3S2. The van der Waals surface area contributed by atoms with Gasteiger partial charge in [-0.15, -0.1) is 11.3 Å². The Labute approximate surface area is 107 Å². The van der Waals surface area contributed by atoms with Crippen LogP contribution in [0, 0.1) is 0 Å². The molecule has 98 valence electrons. The van der Waals surface area contributed by atoms with Gasteiger partial charge in [-0.05, 0) is 24.3 Å². The van der Waals surface area contributed by atoms with Crippen molar-refractivity contribution in [3.63, 3.8) is 0 Å². The van der Waals surface area contributed by atoms with E-state index in [0.29, 0.717) is 17.2 Å². The molecule has 0 bridgehead atoms. The van der Waals surface area contributed by atoms with Crippen molar-refractivity contribution in [2.75, 3.05) is 13.1 Å². The number of nitrogens with zero attached hydrogens (tertiary/aromatic N) is 1. The van der Waals surface area contributed by atoms with E-state index in [1.165, 1.54) is 15.6 Å². The molecule has 1 aromatic heterocycles. The molecule has 6 heteroatoms. The molecule has 0 fully saturated rings. The van der Waals surface area contributed by atoms with Crippen molar-refractivity contribution in [3.8, 4) is 0 Å². The summed E-state index contributed by atoms with van der Waals surface area (Å²) in [5, 5.41) is 11.4. The summed E-state index contributed by atoms with van der Waals surface area (Å²) < 4.78 is 26.2. The number of aliphatic hydroxyl groups is 1. The van der Waals surface area contributed by atoms with Crippen LogP contribution in [-0.2, 0) is 10.0 Å². The van der Waals surface area contributed by atoms with Gasteiger partial charge in [-0.1, -0.05) is 19.9 Å². The maximum absolute atomic E-state index is 12.3. The Bertz CT molecular complexity index is 414. The van der Waals surface area contributed by atoms with Crippen LogP contribution in [0.5, 0.6) is 0 Å². The zero-order valence-electron chi connectivity index (χ0n) is 10.2. The van der Waals surface area contributed by atoms with E-state index >= 15 is 0 Å². The fraction of sp³-hybridized carbons (Fsp3) is 0.636. The monoisotopic (exact) mass is 277 g/mol. The van der Waals surface area contributed by atoms with Gasteiger partial charge in [0.2, 0.25) is 0 Å². The van der Waals surface area contributed by atoms with Crippen molar-refractivity contribution in [2.45, 2.75) is 37.0 Å². The molecule has 0 saturated heterocycles. The van der Waals surface area contributed by atoms with Gasteiger partial charge >= 0.3 is 0 Å². The van der Waals surface area contributed by atoms with Crippen molar-refractivity contribution in [1.29, 1.82) is 0 Å². The number of rotatable bonds is 7. The smallest absolute Gasteiger partial charge is 0.252 e. The first kappa shape index (κ1) is 14.6. The third kappa shape index (κ3) is 3.77. The summed E-state index contributed by atoms with van der Waals surface area (Å²) in [6, 6.07) is 3.32. The molecule has 0 saturated carbocycles. The van der Waals surface area contributed by atoms with Gasteiger partial charge in [-0.2, -0.15) is 4.31 Å². The maximum atomic E-state index is 12.3. The molecule has 4 nitrogen and oxygen atoms in total. The first-order chi connectivity index (χ1) is 8.02. The molecule has 0 aliphatic rings. The second-order valence-electron chi connectivity index (χ2n) is 3.86. The van der Waals surface area contributed by atoms with Crippen LogP contribution in [0.2, 0.25) is 0 Å². The van der Waals surface area contributed by atoms with Crippen LogP contribution in [-0.4, -0.2) is 37.0 Å². The van der Waals surface area contributed by atoms with E-state index in [1.807, 2.05) is 13.8 Å². The summed E-state index contributed by atoms with van der Waals surface area (Å²) >= 11 is 1.21. The molecule has 0 spiro atoms. The quantitative estimate of drug-likeness (QED) is 0.828. The molecule has 0 aliphatic carbocycles. The van der Waals surface area contributed by atoms with Gasteiger partial charge in [0.05, 0.1) is 6.10 Å². The highest BCUT2D eigenvalue weighted by atomic mass is 32.2.